The molecule has 0 bridgehead atoms. The first-order valence-electron chi connectivity index (χ1n) is 25.9. The highest BCUT2D eigenvalue weighted by molar-refractivity contribution is 6.62. The molecule has 4 amide bonds. The number of hydrogen-bond acceptors (Lipinski definition) is 14. The van der Waals surface area contributed by atoms with Gasteiger partial charge in [0.25, 0.3) is 11.8 Å². The van der Waals surface area contributed by atoms with Crippen LogP contribution < -0.4 is 37.0 Å². The highest BCUT2D eigenvalue weighted by Crippen LogP contribution is 2.41. The van der Waals surface area contributed by atoms with E-state index in [0.717, 1.165) is 36.2 Å². The maximum absolute atomic E-state index is 11.8. The fourth-order valence-electron chi connectivity index (χ4n) is 8.89. The van der Waals surface area contributed by atoms with Crippen LogP contribution >= 0.6 is 11.6 Å². The first-order valence-corrected chi connectivity index (χ1v) is 26.2. The normalized spacial score (nSPS) is 19.1. The largest absolute Gasteiger partial charge is 0.494 e. The average molecular weight is 1050 g/mol. The monoisotopic (exact) mass is 1050 g/mol. The van der Waals surface area contributed by atoms with Gasteiger partial charge in [-0.2, -0.15) is 0 Å². The van der Waals surface area contributed by atoms with Crippen LogP contribution in [0.4, 0.5) is 0 Å². The molecule has 0 radical (unpaired) electrons. The Bertz CT molecular complexity index is 3030. The van der Waals surface area contributed by atoms with Crippen LogP contribution in [0.2, 0.25) is 5.28 Å². The van der Waals surface area contributed by atoms with Crippen molar-refractivity contribution in [2.24, 2.45) is 23.3 Å². The number of rotatable bonds is 16. The summed E-state index contributed by atoms with van der Waals surface area (Å²) in [5.74, 6) is 3.22. The summed E-state index contributed by atoms with van der Waals surface area (Å²) in [5, 5.41) is 5.62. The number of halogens is 1. The Labute approximate surface area is 447 Å². The molecule has 11 rings (SSSR count). The van der Waals surface area contributed by atoms with Crippen LogP contribution in [0.5, 0.6) is 23.3 Å². The highest BCUT2D eigenvalue weighted by Gasteiger charge is 2.51. The molecule has 2 unspecified atom stereocenters. The van der Waals surface area contributed by atoms with E-state index in [2.05, 4.69) is 80.4 Å². The van der Waals surface area contributed by atoms with Crippen LogP contribution in [0.1, 0.15) is 134 Å². The standard InChI is InChI=1S/C25H25N5O3.C20H24BNO3.C11H13ClN4O2/c26-23(31)21-13-19(7-3-17-11-12-27-25(17)32)29-24(30-21)16-4-8-20(9-5-16)33-22-10-6-18(14-28-22)15-1-2-15;1-19(2)20(3,4)25-21(24-19)16-8-10-17(11-9-16)23-18-12-7-15(13-22-18)14-5-6-14;12-11-15-7(5-8(16-11)9(13)17)2-1-6-3-4-14-10(6)18/h4-6,8-10,13-15,17H,1-3,7,11-12H2,(H2,26,31)(H,27,32);7-14H,5-6H2,1-4H3;5-6H,1-4H2,(H2,13,17)(H,14,18). The summed E-state index contributed by atoms with van der Waals surface area (Å²) in [6, 6.07) is 26.2. The first kappa shape index (κ1) is 53.5. The molecule has 6 aromatic rings. The second-order valence-corrected chi connectivity index (χ2v) is 21.1. The predicted octanol–water partition coefficient (Wildman–Crippen LogP) is 7.72. The highest BCUT2D eigenvalue weighted by atomic mass is 35.5. The lowest BCUT2D eigenvalue weighted by Gasteiger charge is -2.32. The fraction of sp³-hybridized carbons (Fsp3) is 0.393. The van der Waals surface area contributed by atoms with Gasteiger partial charge in [-0.3, -0.25) is 19.2 Å². The first-order chi connectivity index (χ1) is 36.4. The number of aromatic nitrogens is 6. The van der Waals surface area contributed by atoms with E-state index < -0.39 is 11.8 Å². The number of aryl methyl sites for hydroxylation is 2. The minimum absolute atomic E-state index is 0.00262. The SMILES string of the molecule is CC1(C)OB(c2ccc(Oc3ccc(C4CC4)cn3)cc2)OC1(C)C.NC(=O)c1cc(CCC2CCNC2=O)nc(-c2ccc(Oc3ccc(C4CC4)cn3)cc2)n1.NC(=O)c1cc(CCC2CCNC2=O)nc(Cl)n1. The van der Waals surface area contributed by atoms with Crippen LogP contribution in [0, 0.1) is 11.8 Å². The molecular weight excluding hydrogens is 987 g/mol. The zero-order valence-electron chi connectivity index (χ0n) is 43.1. The van der Waals surface area contributed by atoms with E-state index in [-0.39, 0.29) is 58.6 Å². The maximum atomic E-state index is 11.8. The van der Waals surface area contributed by atoms with E-state index in [1.165, 1.54) is 42.9 Å². The quantitative estimate of drug-likeness (QED) is 0.0535. The maximum Gasteiger partial charge on any atom is 0.494 e. The zero-order valence-corrected chi connectivity index (χ0v) is 43.8. The summed E-state index contributed by atoms with van der Waals surface area (Å²) in [5.41, 5.74) is 15.8. The van der Waals surface area contributed by atoms with Crippen molar-refractivity contribution >= 4 is 47.8 Å². The molecule has 394 valence electrons. The van der Waals surface area contributed by atoms with E-state index in [9.17, 15) is 19.2 Å². The van der Waals surface area contributed by atoms with Crippen molar-refractivity contribution in [3.05, 3.63) is 137 Å². The molecule has 0 spiro atoms. The number of carbonyl (C=O) groups is 4. The summed E-state index contributed by atoms with van der Waals surface area (Å²) in [6.45, 7) is 9.66. The number of nitrogens with one attached hydrogen (secondary N) is 2. The Kier molecular flexibility index (Phi) is 16.4. The molecule has 2 atom stereocenters. The Balaban J connectivity index is 0.000000146. The van der Waals surface area contributed by atoms with E-state index in [1.54, 1.807) is 6.07 Å². The average Bonchev–Trinajstić information content (AvgIpc) is 4.34. The van der Waals surface area contributed by atoms with Gasteiger partial charge in [-0.1, -0.05) is 24.3 Å². The van der Waals surface area contributed by atoms with Gasteiger partial charge in [0.1, 0.15) is 22.9 Å². The molecule has 18 nitrogen and oxygen atoms in total. The van der Waals surface area contributed by atoms with E-state index in [0.29, 0.717) is 78.8 Å². The van der Waals surface area contributed by atoms with Crippen LogP contribution in [-0.4, -0.2) is 84.9 Å². The van der Waals surface area contributed by atoms with Crippen molar-refractivity contribution in [2.45, 2.75) is 115 Å². The molecule has 3 aliphatic heterocycles. The van der Waals surface area contributed by atoms with Crippen molar-refractivity contribution in [3.63, 3.8) is 0 Å². The number of nitrogens with two attached hydrogens (primary N) is 2. The minimum Gasteiger partial charge on any atom is -0.439 e. The fourth-order valence-corrected chi connectivity index (χ4v) is 9.09. The summed E-state index contributed by atoms with van der Waals surface area (Å²) in [6.07, 6.45) is 13.0. The van der Waals surface area contributed by atoms with Gasteiger partial charge in [-0.15, -0.1) is 0 Å². The van der Waals surface area contributed by atoms with Crippen LogP contribution in [0.25, 0.3) is 11.4 Å². The van der Waals surface area contributed by atoms with Crippen LogP contribution in [0.3, 0.4) is 0 Å². The van der Waals surface area contributed by atoms with Gasteiger partial charge < -0.3 is 40.9 Å². The summed E-state index contributed by atoms with van der Waals surface area (Å²) in [7, 11) is -0.352. The predicted molar refractivity (Wildman–Crippen MR) is 285 cm³/mol. The Morgan fingerprint density at radius 2 is 1.09 bits per heavy atom. The third-order valence-electron chi connectivity index (χ3n) is 14.4. The van der Waals surface area contributed by atoms with E-state index >= 15 is 0 Å². The van der Waals surface area contributed by atoms with Gasteiger partial charge in [0, 0.05) is 66.4 Å². The molecule has 6 N–H and O–H groups in total. The van der Waals surface area contributed by atoms with Gasteiger partial charge in [0.15, 0.2) is 5.82 Å². The van der Waals surface area contributed by atoms with Crippen molar-refractivity contribution in [1.29, 1.82) is 0 Å². The van der Waals surface area contributed by atoms with Crippen LogP contribution in [0.15, 0.2) is 97.3 Å². The minimum atomic E-state index is -0.640. The van der Waals surface area contributed by atoms with E-state index in [1.807, 2.05) is 73.1 Å². The van der Waals surface area contributed by atoms with Crippen molar-refractivity contribution < 1.29 is 38.0 Å². The number of amides is 4. The Morgan fingerprint density at radius 1 is 0.632 bits per heavy atom. The molecule has 20 heteroatoms. The zero-order chi connectivity index (χ0) is 53.6. The molecular formula is C56H62BClN10O8. The Hall–Kier alpha value is -7.35. The molecule has 5 fully saturated rings. The van der Waals surface area contributed by atoms with Gasteiger partial charge >= 0.3 is 7.12 Å². The van der Waals surface area contributed by atoms with Crippen molar-refractivity contribution in [2.75, 3.05) is 13.1 Å². The third-order valence-corrected chi connectivity index (χ3v) is 14.6. The topological polar surface area (TPSA) is 259 Å². The lowest BCUT2D eigenvalue weighted by Crippen LogP contribution is -2.41. The van der Waals surface area contributed by atoms with Crippen molar-refractivity contribution in [3.8, 4) is 34.6 Å². The molecule has 7 heterocycles. The smallest absolute Gasteiger partial charge is 0.439 e. The lowest BCUT2D eigenvalue weighted by atomic mass is 9.79. The molecule has 2 saturated carbocycles. The molecule has 3 saturated heterocycles. The van der Waals surface area contributed by atoms with Gasteiger partial charge in [-0.25, -0.2) is 29.9 Å². The molecule has 2 aliphatic carbocycles. The second-order valence-electron chi connectivity index (χ2n) is 20.7. The van der Waals surface area contributed by atoms with Crippen molar-refractivity contribution in [1.82, 2.24) is 40.5 Å². The summed E-state index contributed by atoms with van der Waals surface area (Å²) < 4.78 is 23.8. The van der Waals surface area contributed by atoms with Gasteiger partial charge in [0.05, 0.1) is 11.2 Å². The number of pyridine rings is 2. The molecule has 4 aromatic heterocycles. The van der Waals surface area contributed by atoms with Crippen LogP contribution in [-0.2, 0) is 31.7 Å². The third kappa shape index (κ3) is 13.9. The number of ether oxygens (including phenoxy) is 2. The summed E-state index contributed by atoms with van der Waals surface area (Å²) >= 11 is 5.71. The second kappa shape index (κ2) is 23.3. The summed E-state index contributed by atoms with van der Waals surface area (Å²) in [4.78, 5) is 71.6. The van der Waals surface area contributed by atoms with Gasteiger partial charge in [-0.05, 0) is 180 Å². The molecule has 76 heavy (non-hydrogen) atoms. The number of hydrogen-bond donors (Lipinski definition) is 4. The number of carbonyl (C=O) groups excluding carboxylic acids is 4. The van der Waals surface area contributed by atoms with E-state index in [4.69, 9.17) is 41.9 Å². The number of primary amides is 2. The molecule has 2 aromatic carbocycles. The molecule has 5 aliphatic rings. The van der Waals surface area contributed by atoms with Gasteiger partial charge in [0.2, 0.25) is 28.9 Å². The Morgan fingerprint density at radius 3 is 1.51 bits per heavy atom. The number of nitrogens with zero attached hydrogens (tertiary/aromatic N) is 6. The number of benzene rings is 2. The lowest BCUT2D eigenvalue weighted by molar-refractivity contribution is -0.123.